The van der Waals surface area contributed by atoms with E-state index in [1.54, 1.807) is 12.1 Å². The van der Waals surface area contributed by atoms with Gasteiger partial charge < -0.3 is 15.0 Å². The molecule has 0 aliphatic carbocycles. The molecule has 2 aromatic carbocycles. The SMILES string of the molecule is CNc1ccc(C(=O)Nc2ccc(-c3cn4cc(C)ccc4n3)cc2)cc1. The van der Waals surface area contributed by atoms with Gasteiger partial charge in [0.25, 0.3) is 5.91 Å². The van der Waals surface area contributed by atoms with Crippen LogP contribution in [-0.4, -0.2) is 22.3 Å². The Kier molecular flexibility index (Phi) is 4.34. The van der Waals surface area contributed by atoms with Gasteiger partial charge in [-0.05, 0) is 55.0 Å². The highest BCUT2D eigenvalue weighted by Gasteiger charge is 2.08. The first-order valence-corrected chi connectivity index (χ1v) is 8.77. The zero-order valence-corrected chi connectivity index (χ0v) is 15.2. The molecule has 0 spiro atoms. The number of fused-ring (bicyclic) bond motifs is 1. The zero-order chi connectivity index (χ0) is 18.8. The van der Waals surface area contributed by atoms with Crippen molar-refractivity contribution in [1.29, 1.82) is 0 Å². The number of carbonyl (C=O) groups excluding carboxylic acids is 1. The van der Waals surface area contributed by atoms with Crippen molar-refractivity contribution in [1.82, 2.24) is 9.38 Å². The number of anilines is 2. The largest absolute Gasteiger partial charge is 0.388 e. The number of aromatic nitrogens is 2. The Morgan fingerprint density at radius 3 is 2.30 bits per heavy atom. The van der Waals surface area contributed by atoms with Gasteiger partial charge in [0.2, 0.25) is 0 Å². The number of carbonyl (C=O) groups is 1. The van der Waals surface area contributed by atoms with E-state index in [4.69, 9.17) is 0 Å². The molecule has 0 unspecified atom stereocenters. The quantitative estimate of drug-likeness (QED) is 0.562. The summed E-state index contributed by atoms with van der Waals surface area (Å²) in [7, 11) is 1.85. The molecule has 4 aromatic rings. The molecule has 1 amide bonds. The fraction of sp³-hybridized carbons (Fsp3) is 0.0909. The standard InChI is InChI=1S/C22H20N4O/c1-15-3-12-21-25-20(14-26(21)13-15)16-4-10-19(11-5-16)24-22(27)17-6-8-18(23-2)9-7-17/h3-14,23H,1-2H3,(H,24,27). The summed E-state index contributed by atoms with van der Waals surface area (Å²) in [6.45, 7) is 2.06. The van der Waals surface area contributed by atoms with E-state index in [1.807, 2.05) is 66.2 Å². The summed E-state index contributed by atoms with van der Waals surface area (Å²) in [6, 6.07) is 19.1. The monoisotopic (exact) mass is 356 g/mol. The highest BCUT2D eigenvalue weighted by molar-refractivity contribution is 6.04. The van der Waals surface area contributed by atoms with Crippen LogP contribution in [0.1, 0.15) is 15.9 Å². The van der Waals surface area contributed by atoms with E-state index in [9.17, 15) is 4.79 Å². The van der Waals surface area contributed by atoms with Crippen molar-refractivity contribution < 1.29 is 4.79 Å². The molecule has 0 atom stereocenters. The maximum Gasteiger partial charge on any atom is 0.255 e. The molecule has 0 fully saturated rings. The predicted molar refractivity (Wildman–Crippen MR) is 109 cm³/mol. The van der Waals surface area contributed by atoms with Gasteiger partial charge in [-0.15, -0.1) is 0 Å². The van der Waals surface area contributed by atoms with Crippen molar-refractivity contribution in [3.05, 3.63) is 84.2 Å². The number of nitrogens with zero attached hydrogens (tertiary/aromatic N) is 2. The topological polar surface area (TPSA) is 58.4 Å². The summed E-state index contributed by atoms with van der Waals surface area (Å²) >= 11 is 0. The smallest absolute Gasteiger partial charge is 0.255 e. The van der Waals surface area contributed by atoms with Gasteiger partial charge in [0, 0.05) is 41.9 Å². The Hall–Kier alpha value is -3.60. The minimum absolute atomic E-state index is 0.131. The number of hydrogen-bond acceptors (Lipinski definition) is 3. The maximum absolute atomic E-state index is 12.4. The summed E-state index contributed by atoms with van der Waals surface area (Å²) in [5, 5.41) is 5.96. The molecule has 2 aromatic heterocycles. The van der Waals surface area contributed by atoms with Gasteiger partial charge in [-0.3, -0.25) is 4.79 Å². The molecule has 5 nitrogen and oxygen atoms in total. The summed E-state index contributed by atoms with van der Waals surface area (Å²) in [5.74, 6) is -0.131. The molecule has 0 aliphatic heterocycles. The number of nitrogens with one attached hydrogen (secondary N) is 2. The van der Waals surface area contributed by atoms with Gasteiger partial charge in [0.15, 0.2) is 0 Å². The van der Waals surface area contributed by atoms with Crippen LogP contribution in [0.3, 0.4) is 0 Å². The third-order valence-corrected chi connectivity index (χ3v) is 4.47. The average Bonchev–Trinajstić information content (AvgIpc) is 3.11. The first kappa shape index (κ1) is 16.8. The molecule has 4 rings (SSSR count). The van der Waals surface area contributed by atoms with E-state index >= 15 is 0 Å². The Morgan fingerprint density at radius 2 is 1.59 bits per heavy atom. The highest BCUT2D eigenvalue weighted by Crippen LogP contribution is 2.22. The van der Waals surface area contributed by atoms with Crippen molar-refractivity contribution in [2.24, 2.45) is 0 Å². The Labute approximate surface area is 157 Å². The second-order valence-corrected chi connectivity index (χ2v) is 6.46. The highest BCUT2D eigenvalue weighted by atomic mass is 16.1. The molecular weight excluding hydrogens is 336 g/mol. The van der Waals surface area contributed by atoms with Crippen molar-refractivity contribution in [2.75, 3.05) is 17.7 Å². The van der Waals surface area contributed by atoms with Crippen LogP contribution in [0.25, 0.3) is 16.9 Å². The predicted octanol–water partition coefficient (Wildman–Crippen LogP) is 4.60. The number of amides is 1. The van der Waals surface area contributed by atoms with Gasteiger partial charge in [0.05, 0.1) is 5.69 Å². The van der Waals surface area contributed by atoms with E-state index < -0.39 is 0 Å². The van der Waals surface area contributed by atoms with Crippen molar-refractivity contribution in [2.45, 2.75) is 6.92 Å². The van der Waals surface area contributed by atoms with E-state index in [1.165, 1.54) is 5.56 Å². The van der Waals surface area contributed by atoms with Crippen LogP contribution < -0.4 is 10.6 Å². The van der Waals surface area contributed by atoms with Crippen molar-refractivity contribution in [3.8, 4) is 11.3 Å². The Bertz CT molecular complexity index is 1100. The molecule has 0 radical (unpaired) electrons. The number of rotatable bonds is 4. The van der Waals surface area contributed by atoms with Gasteiger partial charge in [0.1, 0.15) is 5.65 Å². The lowest BCUT2D eigenvalue weighted by molar-refractivity contribution is 0.102. The van der Waals surface area contributed by atoms with E-state index in [-0.39, 0.29) is 5.91 Å². The summed E-state index contributed by atoms with van der Waals surface area (Å²) in [6.07, 6.45) is 4.07. The number of pyridine rings is 1. The second kappa shape index (κ2) is 6.96. The molecule has 134 valence electrons. The Balaban J connectivity index is 1.51. The van der Waals surface area contributed by atoms with Crippen LogP contribution in [0, 0.1) is 6.92 Å². The molecule has 2 N–H and O–H groups in total. The van der Waals surface area contributed by atoms with Crippen LogP contribution in [0.5, 0.6) is 0 Å². The molecule has 5 heteroatoms. The van der Waals surface area contributed by atoms with E-state index in [0.29, 0.717) is 5.56 Å². The number of aryl methyl sites for hydroxylation is 1. The lowest BCUT2D eigenvalue weighted by atomic mass is 10.1. The van der Waals surface area contributed by atoms with Gasteiger partial charge in [-0.25, -0.2) is 4.98 Å². The van der Waals surface area contributed by atoms with Crippen molar-refractivity contribution >= 4 is 22.9 Å². The van der Waals surface area contributed by atoms with Crippen LogP contribution in [-0.2, 0) is 0 Å². The number of benzene rings is 2. The molecule has 2 heterocycles. The fourth-order valence-electron chi connectivity index (χ4n) is 2.96. The molecule has 0 bridgehead atoms. The van der Waals surface area contributed by atoms with E-state index in [2.05, 4.69) is 28.7 Å². The second-order valence-electron chi connectivity index (χ2n) is 6.46. The van der Waals surface area contributed by atoms with Crippen LogP contribution in [0.2, 0.25) is 0 Å². The van der Waals surface area contributed by atoms with Crippen LogP contribution in [0.15, 0.2) is 73.1 Å². The van der Waals surface area contributed by atoms with Crippen LogP contribution in [0.4, 0.5) is 11.4 Å². The van der Waals surface area contributed by atoms with Crippen LogP contribution >= 0.6 is 0 Å². The maximum atomic E-state index is 12.4. The van der Waals surface area contributed by atoms with Gasteiger partial charge in [-0.1, -0.05) is 18.2 Å². The lowest BCUT2D eigenvalue weighted by Crippen LogP contribution is -2.11. The summed E-state index contributed by atoms with van der Waals surface area (Å²) in [4.78, 5) is 17.0. The zero-order valence-electron chi connectivity index (χ0n) is 15.2. The molecular formula is C22H20N4O. The van der Waals surface area contributed by atoms with Gasteiger partial charge >= 0.3 is 0 Å². The molecule has 0 aliphatic rings. The minimum Gasteiger partial charge on any atom is -0.388 e. The molecule has 0 saturated carbocycles. The fourth-order valence-corrected chi connectivity index (χ4v) is 2.96. The average molecular weight is 356 g/mol. The Morgan fingerprint density at radius 1 is 0.889 bits per heavy atom. The number of imidazole rings is 1. The minimum atomic E-state index is -0.131. The third kappa shape index (κ3) is 3.53. The molecule has 0 saturated heterocycles. The normalized spacial score (nSPS) is 10.7. The van der Waals surface area contributed by atoms with Crippen molar-refractivity contribution in [3.63, 3.8) is 0 Å². The molecule has 27 heavy (non-hydrogen) atoms. The summed E-state index contributed by atoms with van der Waals surface area (Å²) in [5.41, 5.74) is 6.35. The van der Waals surface area contributed by atoms with E-state index in [0.717, 1.165) is 28.3 Å². The first-order valence-electron chi connectivity index (χ1n) is 8.77. The summed E-state index contributed by atoms with van der Waals surface area (Å²) < 4.78 is 2.02. The third-order valence-electron chi connectivity index (χ3n) is 4.47. The first-order chi connectivity index (χ1) is 13.1. The number of hydrogen-bond donors (Lipinski definition) is 2. The van der Waals surface area contributed by atoms with Gasteiger partial charge in [-0.2, -0.15) is 0 Å². The lowest BCUT2D eigenvalue weighted by Gasteiger charge is -2.07.